The van der Waals surface area contributed by atoms with Gasteiger partial charge in [0.05, 0.1) is 24.1 Å². The lowest BCUT2D eigenvalue weighted by Gasteiger charge is -2.32. The lowest BCUT2D eigenvalue weighted by molar-refractivity contribution is -0.160. The van der Waals surface area contributed by atoms with Gasteiger partial charge in [-0.15, -0.1) is 0 Å². The maximum absolute atomic E-state index is 12.9. The maximum atomic E-state index is 12.9. The molecule has 0 saturated carbocycles. The molecule has 1 heterocycles. The van der Waals surface area contributed by atoms with E-state index < -0.39 is 35.9 Å². The summed E-state index contributed by atoms with van der Waals surface area (Å²) in [5, 5.41) is 9.62. The van der Waals surface area contributed by atoms with Crippen molar-refractivity contribution < 1.29 is 19.5 Å². The first-order valence-corrected chi connectivity index (χ1v) is 8.99. The standard InChI is InChI=1S/C17H30N6O4/c1-10(2)14(20)16(25)23(13(17(26)27)5-3-4-6-18)15(24)12(19)7-11-8-21-9-22-11/h8-10,12-14H,3-7,18-20H2,1-2H3,(H,21,22)(H,26,27). The van der Waals surface area contributed by atoms with Crippen LogP contribution >= 0.6 is 0 Å². The van der Waals surface area contributed by atoms with Gasteiger partial charge in [0.25, 0.3) is 0 Å². The summed E-state index contributed by atoms with van der Waals surface area (Å²) < 4.78 is 0. The monoisotopic (exact) mass is 382 g/mol. The summed E-state index contributed by atoms with van der Waals surface area (Å²) in [6, 6.07) is -3.47. The minimum atomic E-state index is -1.34. The lowest BCUT2D eigenvalue weighted by Crippen LogP contribution is -2.59. The summed E-state index contributed by atoms with van der Waals surface area (Å²) in [6.07, 6.45) is 4.21. The van der Waals surface area contributed by atoms with Gasteiger partial charge in [-0.05, 0) is 31.7 Å². The molecule has 0 spiro atoms. The Morgan fingerprint density at radius 1 is 1.22 bits per heavy atom. The van der Waals surface area contributed by atoms with E-state index in [4.69, 9.17) is 17.2 Å². The first-order valence-electron chi connectivity index (χ1n) is 8.99. The number of nitrogens with zero attached hydrogens (tertiary/aromatic N) is 2. The Bertz CT molecular complexity index is 619. The number of aromatic nitrogens is 2. The molecule has 0 aliphatic heterocycles. The second kappa shape index (κ2) is 10.8. The normalized spacial score (nSPS) is 14.6. The topological polar surface area (TPSA) is 181 Å². The lowest BCUT2D eigenvalue weighted by atomic mass is 9.99. The number of imidazole rings is 1. The Balaban J connectivity index is 3.11. The Morgan fingerprint density at radius 2 is 1.89 bits per heavy atom. The van der Waals surface area contributed by atoms with Gasteiger partial charge < -0.3 is 27.3 Å². The molecule has 0 aromatic carbocycles. The third kappa shape index (κ3) is 6.42. The summed E-state index contributed by atoms with van der Waals surface area (Å²) in [7, 11) is 0. The molecule has 0 bridgehead atoms. The highest BCUT2D eigenvalue weighted by molar-refractivity contribution is 6.03. The molecule has 152 valence electrons. The van der Waals surface area contributed by atoms with E-state index in [0.717, 1.165) is 4.90 Å². The van der Waals surface area contributed by atoms with Crippen molar-refractivity contribution in [2.75, 3.05) is 6.54 Å². The number of aromatic amines is 1. The van der Waals surface area contributed by atoms with Crippen LogP contribution in [0.3, 0.4) is 0 Å². The van der Waals surface area contributed by atoms with Crippen LogP contribution < -0.4 is 17.2 Å². The Kier molecular flexibility index (Phi) is 9.06. The number of carbonyl (C=O) groups excluding carboxylic acids is 2. The molecule has 2 amide bonds. The van der Waals surface area contributed by atoms with Gasteiger partial charge in [0.15, 0.2) is 0 Å². The molecule has 0 saturated heterocycles. The summed E-state index contributed by atoms with van der Waals surface area (Å²) in [4.78, 5) is 45.0. The SMILES string of the molecule is CC(C)C(N)C(=O)N(C(=O)C(N)Cc1c[nH]cn1)C(CCCCN)C(=O)O. The first-order chi connectivity index (χ1) is 12.7. The van der Waals surface area contributed by atoms with Gasteiger partial charge in [-0.2, -0.15) is 0 Å². The van der Waals surface area contributed by atoms with Crippen LogP contribution in [0.2, 0.25) is 0 Å². The zero-order valence-corrected chi connectivity index (χ0v) is 15.8. The molecule has 0 radical (unpaired) electrons. The summed E-state index contributed by atoms with van der Waals surface area (Å²) in [5.41, 5.74) is 17.9. The highest BCUT2D eigenvalue weighted by atomic mass is 16.4. The van der Waals surface area contributed by atoms with E-state index in [-0.39, 0.29) is 18.8 Å². The summed E-state index contributed by atoms with van der Waals surface area (Å²) in [6.45, 7) is 3.83. The Hall–Kier alpha value is -2.30. The van der Waals surface area contributed by atoms with Crippen molar-refractivity contribution in [2.45, 2.75) is 57.7 Å². The van der Waals surface area contributed by atoms with Crippen LogP contribution in [-0.2, 0) is 20.8 Å². The van der Waals surface area contributed by atoms with Crippen LogP contribution in [0.25, 0.3) is 0 Å². The maximum Gasteiger partial charge on any atom is 0.326 e. The fourth-order valence-electron chi connectivity index (χ4n) is 2.60. The highest BCUT2D eigenvalue weighted by Gasteiger charge is 2.39. The van der Waals surface area contributed by atoms with E-state index in [9.17, 15) is 19.5 Å². The number of hydrogen-bond donors (Lipinski definition) is 5. The number of carbonyl (C=O) groups is 3. The molecule has 3 unspecified atom stereocenters. The molecule has 0 aliphatic carbocycles. The predicted octanol–water partition coefficient (Wildman–Crippen LogP) is -0.800. The molecule has 27 heavy (non-hydrogen) atoms. The van der Waals surface area contributed by atoms with Gasteiger partial charge in [0.1, 0.15) is 6.04 Å². The van der Waals surface area contributed by atoms with Gasteiger partial charge in [-0.3, -0.25) is 14.5 Å². The third-order valence-corrected chi connectivity index (χ3v) is 4.31. The third-order valence-electron chi connectivity index (χ3n) is 4.31. The van der Waals surface area contributed by atoms with Gasteiger partial charge >= 0.3 is 5.97 Å². The van der Waals surface area contributed by atoms with E-state index in [2.05, 4.69) is 9.97 Å². The average molecular weight is 382 g/mol. The Morgan fingerprint density at radius 3 is 2.37 bits per heavy atom. The van der Waals surface area contributed by atoms with Crippen LogP contribution in [0, 0.1) is 5.92 Å². The van der Waals surface area contributed by atoms with E-state index in [1.807, 2.05) is 0 Å². The van der Waals surface area contributed by atoms with E-state index in [1.165, 1.54) is 6.33 Å². The molecule has 1 rings (SSSR count). The summed E-state index contributed by atoms with van der Waals surface area (Å²) in [5.74, 6) is -3.07. The number of aliphatic carboxylic acids is 1. The van der Waals surface area contributed by atoms with Crippen molar-refractivity contribution in [2.24, 2.45) is 23.1 Å². The van der Waals surface area contributed by atoms with Crippen molar-refractivity contribution in [3.8, 4) is 0 Å². The van der Waals surface area contributed by atoms with Crippen molar-refractivity contribution in [3.05, 3.63) is 18.2 Å². The molecule has 10 heteroatoms. The quantitative estimate of drug-likeness (QED) is 0.308. The van der Waals surface area contributed by atoms with Crippen molar-refractivity contribution in [1.82, 2.24) is 14.9 Å². The fourth-order valence-corrected chi connectivity index (χ4v) is 2.60. The number of nitrogens with one attached hydrogen (secondary N) is 1. The number of carboxylic acids is 1. The molecule has 8 N–H and O–H groups in total. The van der Waals surface area contributed by atoms with Crippen molar-refractivity contribution in [3.63, 3.8) is 0 Å². The second-order valence-corrected chi connectivity index (χ2v) is 6.83. The van der Waals surface area contributed by atoms with Gasteiger partial charge in [0.2, 0.25) is 11.8 Å². The predicted molar refractivity (Wildman–Crippen MR) is 99.3 cm³/mol. The number of H-pyrrole nitrogens is 1. The number of rotatable bonds is 11. The molecule has 10 nitrogen and oxygen atoms in total. The molecule has 1 aromatic rings. The fraction of sp³-hybridized carbons (Fsp3) is 0.647. The number of nitrogens with two attached hydrogens (primary N) is 3. The molecule has 0 aliphatic rings. The largest absolute Gasteiger partial charge is 0.480 e. The number of amides is 2. The van der Waals surface area contributed by atoms with E-state index >= 15 is 0 Å². The second-order valence-electron chi connectivity index (χ2n) is 6.83. The minimum absolute atomic E-state index is 0.0676. The van der Waals surface area contributed by atoms with Crippen LogP contribution in [0.1, 0.15) is 38.8 Å². The zero-order chi connectivity index (χ0) is 20.6. The van der Waals surface area contributed by atoms with Crippen molar-refractivity contribution in [1.29, 1.82) is 0 Å². The average Bonchev–Trinajstić information content (AvgIpc) is 3.12. The van der Waals surface area contributed by atoms with Gasteiger partial charge in [0, 0.05) is 12.6 Å². The van der Waals surface area contributed by atoms with Gasteiger partial charge in [-0.25, -0.2) is 9.78 Å². The highest BCUT2D eigenvalue weighted by Crippen LogP contribution is 2.16. The molecule has 3 atom stereocenters. The van der Waals surface area contributed by atoms with E-state index in [0.29, 0.717) is 25.1 Å². The number of imide groups is 1. The summed E-state index contributed by atoms with van der Waals surface area (Å²) >= 11 is 0. The van der Waals surface area contributed by atoms with Crippen LogP contribution in [0.15, 0.2) is 12.5 Å². The smallest absolute Gasteiger partial charge is 0.326 e. The first kappa shape index (κ1) is 22.7. The number of carboxylic acid groups (broad SMARTS) is 1. The number of unbranched alkanes of at least 4 members (excludes halogenated alkanes) is 1. The number of hydrogen-bond acceptors (Lipinski definition) is 7. The van der Waals surface area contributed by atoms with Crippen LogP contribution in [0.5, 0.6) is 0 Å². The van der Waals surface area contributed by atoms with Crippen molar-refractivity contribution >= 4 is 17.8 Å². The molecular weight excluding hydrogens is 352 g/mol. The molecular formula is C17H30N6O4. The Labute approximate surface area is 158 Å². The molecule has 1 aromatic heterocycles. The molecule has 0 fully saturated rings. The van der Waals surface area contributed by atoms with Crippen LogP contribution in [0.4, 0.5) is 0 Å². The van der Waals surface area contributed by atoms with E-state index in [1.54, 1.807) is 20.0 Å². The zero-order valence-electron chi connectivity index (χ0n) is 15.8. The minimum Gasteiger partial charge on any atom is -0.480 e. The van der Waals surface area contributed by atoms with Crippen LogP contribution in [-0.4, -0.2) is 62.4 Å². The van der Waals surface area contributed by atoms with Gasteiger partial charge in [-0.1, -0.05) is 13.8 Å².